The molecule has 2 aromatic heterocycles. The van der Waals surface area contributed by atoms with Gasteiger partial charge in [0.05, 0.1) is 10.5 Å². The molecule has 0 saturated carbocycles. The minimum Gasteiger partial charge on any atom is -0.353 e. The molecule has 2 aliphatic heterocycles. The third-order valence-corrected chi connectivity index (χ3v) is 6.81. The summed E-state index contributed by atoms with van der Waals surface area (Å²) >= 11 is 6.64. The number of hydrogen-bond acceptors (Lipinski definition) is 7. The molecule has 0 N–H and O–H groups in total. The van der Waals surface area contributed by atoms with Crippen LogP contribution in [0.4, 0.5) is 5.82 Å². The number of aromatic nitrogens is 2. The van der Waals surface area contributed by atoms with E-state index >= 15 is 0 Å². The third kappa shape index (κ3) is 3.66. The summed E-state index contributed by atoms with van der Waals surface area (Å²) in [6.45, 7) is 9.14. The lowest BCUT2D eigenvalue weighted by Gasteiger charge is -2.34. The monoisotopic (exact) mass is 443 g/mol. The Morgan fingerprint density at radius 1 is 1.20 bits per heavy atom. The highest BCUT2D eigenvalue weighted by Crippen LogP contribution is 2.34. The summed E-state index contributed by atoms with van der Waals surface area (Å²) in [4.78, 5) is 37.7. The molecule has 7 nitrogen and oxygen atoms in total. The Bertz CT molecular complexity index is 1120. The Labute approximate surface area is 185 Å². The van der Waals surface area contributed by atoms with Crippen molar-refractivity contribution in [1.29, 1.82) is 0 Å². The number of piperazine rings is 1. The second kappa shape index (κ2) is 8.13. The van der Waals surface area contributed by atoms with Gasteiger partial charge in [0.15, 0.2) is 0 Å². The van der Waals surface area contributed by atoms with Gasteiger partial charge in [-0.05, 0) is 45.5 Å². The van der Waals surface area contributed by atoms with Crippen LogP contribution in [0.25, 0.3) is 11.7 Å². The molecule has 0 bridgehead atoms. The quantitative estimate of drug-likeness (QED) is 0.533. The zero-order valence-electron chi connectivity index (χ0n) is 17.6. The number of fused-ring (bicyclic) bond motifs is 1. The number of likely N-dealkylation sites (N-methyl/N-ethyl adjacent to an activating group) is 1. The lowest BCUT2D eigenvalue weighted by Crippen LogP contribution is -2.45. The van der Waals surface area contributed by atoms with Crippen molar-refractivity contribution in [2.45, 2.75) is 26.8 Å². The van der Waals surface area contributed by atoms with E-state index in [2.05, 4.69) is 16.8 Å². The van der Waals surface area contributed by atoms with Crippen molar-refractivity contribution in [3.63, 3.8) is 0 Å². The van der Waals surface area contributed by atoms with E-state index in [9.17, 15) is 9.59 Å². The van der Waals surface area contributed by atoms with E-state index in [4.69, 9.17) is 17.2 Å². The van der Waals surface area contributed by atoms with Crippen molar-refractivity contribution in [1.82, 2.24) is 19.2 Å². The standard InChI is InChI=1S/C21H25N5O2S2/c1-13(2)26-20(28)16(30-21(26)29)12-15-18(24-10-8-23(4)9-11-24)22-17-14(3)6-5-7-25(17)19(15)27/h5-7,12-13H,8-11H2,1-4H3. The Hall–Kier alpha value is -2.23. The maximum absolute atomic E-state index is 13.5. The summed E-state index contributed by atoms with van der Waals surface area (Å²) < 4.78 is 2.08. The van der Waals surface area contributed by atoms with Crippen LogP contribution in [-0.2, 0) is 4.79 Å². The number of anilines is 1. The van der Waals surface area contributed by atoms with Crippen molar-refractivity contribution in [3.05, 3.63) is 44.7 Å². The van der Waals surface area contributed by atoms with Crippen molar-refractivity contribution in [2.24, 2.45) is 0 Å². The summed E-state index contributed by atoms with van der Waals surface area (Å²) in [6, 6.07) is 3.75. The normalized spacial score (nSPS) is 19.7. The number of pyridine rings is 1. The number of nitrogens with zero attached hydrogens (tertiary/aromatic N) is 5. The predicted molar refractivity (Wildman–Crippen MR) is 126 cm³/mol. The van der Waals surface area contributed by atoms with E-state index in [0.717, 1.165) is 31.7 Å². The highest BCUT2D eigenvalue weighted by Gasteiger charge is 2.34. The molecule has 0 spiro atoms. The fourth-order valence-corrected chi connectivity index (χ4v) is 5.25. The number of thiocarbonyl (C=S) groups is 1. The average molecular weight is 444 g/mol. The van der Waals surface area contributed by atoms with E-state index in [1.54, 1.807) is 21.6 Å². The highest BCUT2D eigenvalue weighted by molar-refractivity contribution is 8.26. The Balaban J connectivity index is 1.89. The van der Waals surface area contributed by atoms with Crippen LogP contribution in [0.15, 0.2) is 28.0 Å². The molecule has 2 saturated heterocycles. The number of amides is 1. The molecule has 9 heteroatoms. The third-order valence-electron chi connectivity index (χ3n) is 5.48. The number of thioether (sulfide) groups is 1. The van der Waals surface area contributed by atoms with Crippen LogP contribution in [0.2, 0.25) is 0 Å². The SMILES string of the molecule is Cc1cccn2c(=O)c(C=C3SC(=S)N(C(C)C)C3=O)c(N3CCN(C)CC3)nc12. The average Bonchev–Trinajstić information content (AvgIpc) is 2.98. The van der Waals surface area contributed by atoms with Crippen LogP contribution in [0.5, 0.6) is 0 Å². The van der Waals surface area contributed by atoms with Gasteiger partial charge in [-0.25, -0.2) is 4.98 Å². The van der Waals surface area contributed by atoms with E-state index in [1.165, 1.54) is 11.8 Å². The molecule has 158 valence electrons. The highest BCUT2D eigenvalue weighted by atomic mass is 32.2. The molecule has 0 radical (unpaired) electrons. The first-order chi connectivity index (χ1) is 14.3. The molecular formula is C21H25N5O2S2. The van der Waals surface area contributed by atoms with Gasteiger partial charge in [-0.15, -0.1) is 0 Å². The number of hydrogen-bond donors (Lipinski definition) is 0. The topological polar surface area (TPSA) is 61.2 Å². The predicted octanol–water partition coefficient (Wildman–Crippen LogP) is 2.36. The van der Waals surface area contributed by atoms with Crippen molar-refractivity contribution < 1.29 is 4.79 Å². The summed E-state index contributed by atoms with van der Waals surface area (Å²) in [7, 11) is 2.09. The van der Waals surface area contributed by atoms with E-state index in [0.29, 0.717) is 26.3 Å². The van der Waals surface area contributed by atoms with E-state index in [-0.39, 0.29) is 17.5 Å². The van der Waals surface area contributed by atoms with E-state index < -0.39 is 0 Å². The summed E-state index contributed by atoms with van der Waals surface area (Å²) in [5, 5.41) is 0. The Morgan fingerprint density at radius 2 is 1.90 bits per heavy atom. The molecule has 0 aliphatic carbocycles. The number of aryl methyl sites for hydroxylation is 1. The first-order valence-corrected chi connectivity index (χ1v) is 11.2. The molecule has 2 aliphatic rings. The zero-order chi connectivity index (χ0) is 21.6. The Kier molecular flexibility index (Phi) is 5.69. The van der Waals surface area contributed by atoms with Gasteiger partial charge < -0.3 is 9.80 Å². The minimum atomic E-state index is -0.174. The molecule has 2 fully saturated rings. The minimum absolute atomic E-state index is 0.0287. The van der Waals surface area contributed by atoms with Gasteiger partial charge >= 0.3 is 0 Å². The second-order valence-electron chi connectivity index (χ2n) is 7.97. The maximum Gasteiger partial charge on any atom is 0.267 e. The molecule has 30 heavy (non-hydrogen) atoms. The van der Waals surface area contributed by atoms with Crippen molar-refractivity contribution in [2.75, 3.05) is 38.1 Å². The van der Waals surface area contributed by atoms with Gasteiger partial charge in [0, 0.05) is 38.4 Å². The number of carbonyl (C=O) groups is 1. The smallest absolute Gasteiger partial charge is 0.267 e. The molecule has 0 unspecified atom stereocenters. The van der Waals surface area contributed by atoms with Crippen LogP contribution in [-0.4, -0.2) is 68.7 Å². The summed E-state index contributed by atoms with van der Waals surface area (Å²) in [5.41, 5.74) is 1.84. The molecule has 4 heterocycles. The second-order valence-corrected chi connectivity index (χ2v) is 9.65. The summed E-state index contributed by atoms with van der Waals surface area (Å²) in [5.74, 6) is 0.482. The summed E-state index contributed by atoms with van der Waals surface area (Å²) in [6.07, 6.45) is 3.40. The number of carbonyl (C=O) groups excluding carboxylic acids is 1. The maximum atomic E-state index is 13.5. The van der Waals surface area contributed by atoms with Crippen LogP contribution >= 0.6 is 24.0 Å². The lowest BCUT2D eigenvalue weighted by molar-refractivity contribution is -0.123. The van der Waals surface area contributed by atoms with Gasteiger partial charge in [-0.1, -0.05) is 30.0 Å². The van der Waals surface area contributed by atoms with Crippen molar-refractivity contribution in [3.8, 4) is 0 Å². The van der Waals surface area contributed by atoms with Gasteiger partial charge in [-0.3, -0.25) is 18.9 Å². The lowest BCUT2D eigenvalue weighted by atomic mass is 10.2. The van der Waals surface area contributed by atoms with E-state index in [1.807, 2.05) is 32.9 Å². The first kappa shape index (κ1) is 21.0. The van der Waals surface area contributed by atoms with Crippen LogP contribution in [0, 0.1) is 6.92 Å². The molecular weight excluding hydrogens is 418 g/mol. The van der Waals surface area contributed by atoms with Crippen LogP contribution in [0.1, 0.15) is 25.0 Å². The van der Waals surface area contributed by atoms with Gasteiger partial charge in [-0.2, -0.15) is 0 Å². The zero-order valence-corrected chi connectivity index (χ0v) is 19.2. The van der Waals surface area contributed by atoms with Crippen molar-refractivity contribution >= 4 is 51.7 Å². The molecule has 4 rings (SSSR count). The fourth-order valence-electron chi connectivity index (χ4n) is 3.74. The largest absolute Gasteiger partial charge is 0.353 e. The molecule has 0 atom stereocenters. The number of rotatable bonds is 3. The molecule has 2 aromatic rings. The first-order valence-electron chi connectivity index (χ1n) is 10.0. The van der Waals surface area contributed by atoms with Gasteiger partial charge in [0.2, 0.25) is 0 Å². The molecule has 0 aromatic carbocycles. The van der Waals surface area contributed by atoms with Gasteiger partial charge in [0.1, 0.15) is 15.8 Å². The fraction of sp³-hybridized carbons (Fsp3) is 0.429. The van der Waals surface area contributed by atoms with Crippen LogP contribution in [0.3, 0.4) is 0 Å². The van der Waals surface area contributed by atoms with Crippen LogP contribution < -0.4 is 10.5 Å². The molecule has 1 amide bonds. The Morgan fingerprint density at radius 3 is 2.53 bits per heavy atom. The van der Waals surface area contributed by atoms with Gasteiger partial charge in [0.25, 0.3) is 11.5 Å².